The van der Waals surface area contributed by atoms with Crippen LogP contribution in [0.5, 0.6) is 0 Å². The third-order valence-electron chi connectivity index (χ3n) is 6.72. The van der Waals surface area contributed by atoms with E-state index in [4.69, 9.17) is 21.3 Å². The van der Waals surface area contributed by atoms with E-state index >= 15 is 0 Å². The van der Waals surface area contributed by atoms with Gasteiger partial charge in [0, 0.05) is 61.8 Å². The molecule has 34 heavy (non-hydrogen) atoms. The number of halogens is 3. The monoisotopic (exact) mass is 487 g/mol. The third kappa shape index (κ3) is 4.67. The number of hydrogen-bond donors (Lipinski definition) is 0. The Morgan fingerprint density at radius 1 is 1.06 bits per heavy atom. The number of aromatic nitrogens is 3. The second-order valence-corrected chi connectivity index (χ2v) is 9.26. The number of benzene rings is 1. The van der Waals surface area contributed by atoms with E-state index in [0.29, 0.717) is 0 Å². The first-order valence-corrected chi connectivity index (χ1v) is 12.1. The molecule has 1 saturated heterocycles. The number of morpholine rings is 1. The summed E-state index contributed by atoms with van der Waals surface area (Å²) >= 11 is 6.12. The van der Waals surface area contributed by atoms with Crippen molar-refractivity contribution in [2.75, 3.05) is 44.3 Å². The molecule has 4 heterocycles. The summed E-state index contributed by atoms with van der Waals surface area (Å²) in [4.78, 5) is 9.18. The molecule has 0 N–H and O–H groups in total. The third-order valence-corrected chi connectivity index (χ3v) is 7.13. The Balaban J connectivity index is 1.39. The first-order valence-electron chi connectivity index (χ1n) is 11.7. The van der Waals surface area contributed by atoms with Crippen LogP contribution in [-0.2, 0) is 24.2 Å². The molecule has 5 rings (SSSR count). The van der Waals surface area contributed by atoms with Crippen molar-refractivity contribution < 1.29 is 13.5 Å². The highest BCUT2D eigenvalue weighted by Crippen LogP contribution is 2.37. The van der Waals surface area contributed by atoms with Gasteiger partial charge in [0.15, 0.2) is 0 Å². The van der Waals surface area contributed by atoms with Crippen LogP contribution in [0.15, 0.2) is 30.7 Å². The van der Waals surface area contributed by atoms with Gasteiger partial charge in [-0.1, -0.05) is 11.6 Å². The minimum absolute atomic E-state index is 0.157. The van der Waals surface area contributed by atoms with Gasteiger partial charge in [0.05, 0.1) is 42.4 Å². The van der Waals surface area contributed by atoms with Crippen molar-refractivity contribution in [2.24, 2.45) is 0 Å². The van der Waals surface area contributed by atoms with Crippen LogP contribution in [0.4, 0.5) is 14.5 Å². The van der Waals surface area contributed by atoms with E-state index in [-0.39, 0.29) is 17.1 Å². The van der Waals surface area contributed by atoms with Crippen molar-refractivity contribution in [2.45, 2.75) is 32.9 Å². The summed E-state index contributed by atoms with van der Waals surface area (Å²) in [5, 5.41) is 4.40. The second-order valence-electron chi connectivity index (χ2n) is 8.89. The highest BCUT2D eigenvalue weighted by molar-refractivity contribution is 6.31. The zero-order chi connectivity index (χ0) is 23.7. The van der Waals surface area contributed by atoms with Gasteiger partial charge >= 0.3 is 0 Å². The number of hydrogen-bond acceptors (Lipinski definition) is 5. The van der Waals surface area contributed by atoms with Gasteiger partial charge in [-0.15, -0.1) is 0 Å². The van der Waals surface area contributed by atoms with Crippen LogP contribution in [0.1, 0.15) is 23.2 Å². The minimum atomic E-state index is -0.608. The lowest BCUT2D eigenvalue weighted by Crippen LogP contribution is -2.38. The minimum Gasteiger partial charge on any atom is -0.379 e. The first-order chi connectivity index (χ1) is 16.5. The maximum atomic E-state index is 14.5. The van der Waals surface area contributed by atoms with Crippen molar-refractivity contribution in [3.63, 3.8) is 0 Å². The molecule has 0 unspecified atom stereocenters. The van der Waals surface area contributed by atoms with Gasteiger partial charge in [-0.3, -0.25) is 14.6 Å². The number of nitrogens with zero attached hydrogens (tertiary/aromatic N) is 5. The molecule has 0 saturated carbocycles. The lowest BCUT2D eigenvalue weighted by molar-refractivity contribution is 0.0360. The molecule has 0 radical (unpaired) electrons. The Kier molecular flexibility index (Phi) is 6.81. The Bertz CT molecular complexity index is 1180. The van der Waals surface area contributed by atoms with E-state index in [0.717, 1.165) is 99.0 Å². The molecule has 0 amide bonds. The molecule has 2 aliphatic heterocycles. The predicted molar refractivity (Wildman–Crippen MR) is 128 cm³/mol. The standard InChI is InChI=1S/C25H28ClF2N5O/c1-17-19(18-13-30-33(15-18)8-7-31-9-11-34-12-10-31)14-29-23-3-2-6-32(25(17)23)16-20-21(27)4-5-22(28)24(20)26/h4-5,13-15H,2-3,6-12,16H2,1H3. The van der Waals surface area contributed by atoms with Crippen molar-refractivity contribution in [3.05, 3.63) is 64.2 Å². The molecule has 6 nitrogen and oxygen atoms in total. The zero-order valence-electron chi connectivity index (χ0n) is 19.2. The number of aryl methyl sites for hydroxylation is 1. The lowest BCUT2D eigenvalue weighted by Gasteiger charge is -2.33. The fourth-order valence-corrected chi connectivity index (χ4v) is 5.06. The maximum Gasteiger partial charge on any atom is 0.142 e. The molecule has 0 aliphatic carbocycles. The van der Waals surface area contributed by atoms with Gasteiger partial charge in [-0.2, -0.15) is 5.10 Å². The van der Waals surface area contributed by atoms with Crippen LogP contribution in [0.3, 0.4) is 0 Å². The van der Waals surface area contributed by atoms with Crippen LogP contribution in [0, 0.1) is 18.6 Å². The summed E-state index contributed by atoms with van der Waals surface area (Å²) in [6, 6.07) is 2.20. The molecule has 180 valence electrons. The van der Waals surface area contributed by atoms with Crippen molar-refractivity contribution in [3.8, 4) is 11.1 Å². The van der Waals surface area contributed by atoms with Crippen LogP contribution >= 0.6 is 11.6 Å². The summed E-state index contributed by atoms with van der Waals surface area (Å²) in [7, 11) is 0. The van der Waals surface area contributed by atoms with E-state index in [1.54, 1.807) is 0 Å². The highest BCUT2D eigenvalue weighted by atomic mass is 35.5. The SMILES string of the molecule is Cc1c(-c2cnn(CCN3CCOCC3)c2)cnc2c1N(Cc1c(F)ccc(F)c1Cl)CCC2. The van der Waals surface area contributed by atoms with Crippen molar-refractivity contribution in [1.82, 2.24) is 19.7 Å². The van der Waals surface area contributed by atoms with Gasteiger partial charge in [-0.05, 0) is 37.5 Å². The second kappa shape index (κ2) is 9.98. The molecule has 2 aromatic heterocycles. The van der Waals surface area contributed by atoms with E-state index < -0.39 is 11.6 Å². The molecule has 2 aliphatic rings. The van der Waals surface area contributed by atoms with E-state index in [1.807, 2.05) is 23.3 Å². The first kappa shape index (κ1) is 23.2. The molecule has 3 aromatic rings. The lowest BCUT2D eigenvalue weighted by atomic mass is 9.97. The van der Waals surface area contributed by atoms with E-state index in [2.05, 4.69) is 21.8 Å². The molecular weight excluding hydrogens is 460 g/mol. The summed E-state index contributed by atoms with van der Waals surface area (Å²) in [6.07, 6.45) is 7.56. The summed E-state index contributed by atoms with van der Waals surface area (Å²) in [6.45, 7) is 8.19. The Labute approximate surface area is 203 Å². The zero-order valence-corrected chi connectivity index (χ0v) is 20.0. The fourth-order valence-electron chi connectivity index (χ4n) is 4.84. The number of rotatable bonds is 6. The van der Waals surface area contributed by atoms with Crippen molar-refractivity contribution in [1.29, 1.82) is 0 Å². The van der Waals surface area contributed by atoms with Gasteiger partial charge in [0.1, 0.15) is 11.6 Å². The molecule has 0 spiro atoms. The van der Waals surface area contributed by atoms with Gasteiger partial charge < -0.3 is 9.64 Å². The quantitative estimate of drug-likeness (QED) is 0.480. The van der Waals surface area contributed by atoms with Gasteiger partial charge in [-0.25, -0.2) is 8.78 Å². The Morgan fingerprint density at radius 2 is 1.85 bits per heavy atom. The Hall–Kier alpha value is -2.55. The number of anilines is 1. The summed E-state index contributed by atoms with van der Waals surface area (Å²) in [5.74, 6) is -1.11. The fraction of sp³-hybridized carbons (Fsp3) is 0.440. The summed E-state index contributed by atoms with van der Waals surface area (Å²) in [5.41, 5.74) is 5.18. The smallest absolute Gasteiger partial charge is 0.142 e. The average molecular weight is 488 g/mol. The maximum absolute atomic E-state index is 14.5. The Morgan fingerprint density at radius 3 is 2.68 bits per heavy atom. The number of fused-ring (bicyclic) bond motifs is 1. The molecular formula is C25H28ClF2N5O. The van der Waals surface area contributed by atoms with Gasteiger partial charge in [0.25, 0.3) is 0 Å². The van der Waals surface area contributed by atoms with Crippen LogP contribution in [-0.4, -0.2) is 59.1 Å². The summed E-state index contributed by atoms with van der Waals surface area (Å²) < 4.78 is 35.9. The average Bonchev–Trinajstić information content (AvgIpc) is 3.32. The molecule has 0 bridgehead atoms. The highest BCUT2D eigenvalue weighted by Gasteiger charge is 2.25. The van der Waals surface area contributed by atoms with E-state index in [9.17, 15) is 8.78 Å². The number of ether oxygens (including phenoxy) is 1. The molecule has 1 aromatic carbocycles. The van der Waals surface area contributed by atoms with Gasteiger partial charge in [0.2, 0.25) is 0 Å². The molecule has 0 atom stereocenters. The van der Waals surface area contributed by atoms with Crippen LogP contribution < -0.4 is 4.90 Å². The predicted octanol–water partition coefficient (Wildman–Crippen LogP) is 4.47. The van der Waals surface area contributed by atoms with Crippen molar-refractivity contribution >= 4 is 17.3 Å². The molecule has 1 fully saturated rings. The van der Waals surface area contributed by atoms with Crippen LogP contribution in [0.2, 0.25) is 5.02 Å². The molecule has 9 heteroatoms. The largest absolute Gasteiger partial charge is 0.379 e. The number of pyridine rings is 1. The normalized spacial score (nSPS) is 16.6. The van der Waals surface area contributed by atoms with E-state index in [1.165, 1.54) is 0 Å². The topological polar surface area (TPSA) is 46.4 Å². The van der Waals surface area contributed by atoms with Crippen LogP contribution in [0.25, 0.3) is 11.1 Å².